The molecule has 0 aliphatic rings. The molecule has 0 bridgehead atoms. The zero-order valence-electron chi connectivity index (χ0n) is 9.14. The van der Waals surface area contributed by atoms with E-state index in [4.69, 9.17) is 0 Å². The number of aliphatic hydroxyl groups is 1. The largest absolute Gasteiger partial charge is 0.389 e. The Labute approximate surface area is 82.0 Å². The van der Waals surface area contributed by atoms with Gasteiger partial charge in [0, 0.05) is 6.54 Å². The standard InChI is InChI=1S/C11H23NO/c1-5-6-7-12-9-11(4,13)8-10(2)3/h5,10,12-13H,1,6-9H2,2-4H3. The Bertz CT molecular complexity index is 141. The van der Waals surface area contributed by atoms with Gasteiger partial charge in [-0.2, -0.15) is 0 Å². The Kier molecular flexibility index (Phi) is 6.00. The van der Waals surface area contributed by atoms with Crippen molar-refractivity contribution in [2.24, 2.45) is 5.92 Å². The second kappa shape index (κ2) is 6.17. The van der Waals surface area contributed by atoms with Crippen molar-refractivity contribution in [3.05, 3.63) is 12.7 Å². The van der Waals surface area contributed by atoms with Gasteiger partial charge in [0.2, 0.25) is 0 Å². The van der Waals surface area contributed by atoms with E-state index in [-0.39, 0.29) is 0 Å². The van der Waals surface area contributed by atoms with Crippen LogP contribution in [0.2, 0.25) is 0 Å². The highest BCUT2D eigenvalue weighted by Crippen LogP contribution is 2.14. The number of rotatable bonds is 7. The molecule has 2 heteroatoms. The van der Waals surface area contributed by atoms with E-state index in [1.165, 1.54) is 0 Å². The molecule has 78 valence electrons. The first-order valence-corrected chi connectivity index (χ1v) is 5.02. The average molecular weight is 185 g/mol. The molecule has 0 aliphatic carbocycles. The first kappa shape index (κ1) is 12.7. The summed E-state index contributed by atoms with van der Waals surface area (Å²) in [6.45, 7) is 11.3. The molecule has 0 saturated heterocycles. The van der Waals surface area contributed by atoms with Crippen LogP contribution in [0.5, 0.6) is 0 Å². The highest BCUT2D eigenvalue weighted by molar-refractivity contribution is 4.77. The molecule has 0 aromatic rings. The summed E-state index contributed by atoms with van der Waals surface area (Å²) in [7, 11) is 0. The van der Waals surface area contributed by atoms with E-state index in [0.29, 0.717) is 12.5 Å². The summed E-state index contributed by atoms with van der Waals surface area (Å²) in [6, 6.07) is 0. The molecule has 0 saturated carbocycles. The van der Waals surface area contributed by atoms with Gasteiger partial charge in [0.1, 0.15) is 0 Å². The van der Waals surface area contributed by atoms with Crippen LogP contribution in [-0.2, 0) is 0 Å². The van der Waals surface area contributed by atoms with Gasteiger partial charge in [-0.05, 0) is 32.2 Å². The van der Waals surface area contributed by atoms with Crippen molar-refractivity contribution in [3.8, 4) is 0 Å². The molecule has 1 atom stereocenters. The minimum atomic E-state index is -0.574. The Hall–Kier alpha value is -0.340. The predicted molar refractivity (Wildman–Crippen MR) is 57.8 cm³/mol. The predicted octanol–water partition coefficient (Wildman–Crippen LogP) is 1.95. The molecular weight excluding hydrogens is 162 g/mol. The Morgan fingerprint density at radius 3 is 2.62 bits per heavy atom. The molecular formula is C11H23NO. The fourth-order valence-electron chi connectivity index (χ4n) is 1.51. The molecule has 0 aliphatic heterocycles. The Morgan fingerprint density at radius 2 is 2.15 bits per heavy atom. The second-order valence-electron chi connectivity index (χ2n) is 4.35. The first-order chi connectivity index (χ1) is 5.98. The minimum Gasteiger partial charge on any atom is -0.389 e. The molecule has 2 nitrogen and oxygen atoms in total. The molecule has 0 heterocycles. The summed E-state index contributed by atoms with van der Waals surface area (Å²) in [5.74, 6) is 0.538. The van der Waals surface area contributed by atoms with Crippen molar-refractivity contribution in [3.63, 3.8) is 0 Å². The van der Waals surface area contributed by atoms with Gasteiger partial charge in [-0.25, -0.2) is 0 Å². The van der Waals surface area contributed by atoms with Crippen molar-refractivity contribution in [2.45, 2.75) is 39.2 Å². The van der Waals surface area contributed by atoms with Gasteiger partial charge < -0.3 is 10.4 Å². The summed E-state index contributed by atoms with van der Waals surface area (Å²) in [5, 5.41) is 13.1. The molecule has 13 heavy (non-hydrogen) atoms. The maximum Gasteiger partial charge on any atom is 0.0746 e. The molecule has 0 rings (SSSR count). The molecule has 0 spiro atoms. The van der Waals surface area contributed by atoms with Crippen LogP contribution in [0, 0.1) is 5.92 Å². The Morgan fingerprint density at radius 1 is 1.54 bits per heavy atom. The van der Waals surface area contributed by atoms with Crippen LogP contribution in [0.3, 0.4) is 0 Å². The SMILES string of the molecule is C=CCCNCC(C)(O)CC(C)C. The van der Waals surface area contributed by atoms with E-state index in [2.05, 4.69) is 25.7 Å². The lowest BCUT2D eigenvalue weighted by Gasteiger charge is -2.25. The van der Waals surface area contributed by atoms with E-state index < -0.39 is 5.60 Å². The van der Waals surface area contributed by atoms with Crippen LogP contribution in [0.15, 0.2) is 12.7 Å². The summed E-state index contributed by atoms with van der Waals surface area (Å²) in [5.41, 5.74) is -0.574. The van der Waals surface area contributed by atoms with E-state index in [9.17, 15) is 5.11 Å². The molecule has 1 unspecified atom stereocenters. The topological polar surface area (TPSA) is 32.3 Å². The van der Waals surface area contributed by atoms with Crippen molar-refractivity contribution < 1.29 is 5.11 Å². The molecule has 0 fully saturated rings. The van der Waals surface area contributed by atoms with Crippen LogP contribution in [-0.4, -0.2) is 23.8 Å². The smallest absolute Gasteiger partial charge is 0.0746 e. The maximum absolute atomic E-state index is 9.90. The summed E-state index contributed by atoms with van der Waals surface area (Å²) < 4.78 is 0. The molecule has 0 radical (unpaired) electrons. The lowest BCUT2D eigenvalue weighted by atomic mass is 9.94. The second-order valence-corrected chi connectivity index (χ2v) is 4.35. The third kappa shape index (κ3) is 8.00. The third-order valence-corrected chi connectivity index (χ3v) is 1.88. The molecule has 2 N–H and O–H groups in total. The monoisotopic (exact) mass is 185 g/mol. The fraction of sp³-hybridized carbons (Fsp3) is 0.818. The van der Waals surface area contributed by atoms with Crippen molar-refractivity contribution in [2.75, 3.05) is 13.1 Å². The van der Waals surface area contributed by atoms with Crippen LogP contribution >= 0.6 is 0 Å². The average Bonchev–Trinajstić information content (AvgIpc) is 1.95. The van der Waals surface area contributed by atoms with E-state index in [1.54, 1.807) is 0 Å². The van der Waals surface area contributed by atoms with Gasteiger partial charge in [0.15, 0.2) is 0 Å². The third-order valence-electron chi connectivity index (χ3n) is 1.88. The van der Waals surface area contributed by atoms with Gasteiger partial charge in [0.25, 0.3) is 0 Å². The highest BCUT2D eigenvalue weighted by atomic mass is 16.3. The van der Waals surface area contributed by atoms with Crippen molar-refractivity contribution >= 4 is 0 Å². The van der Waals surface area contributed by atoms with Gasteiger partial charge in [0.05, 0.1) is 5.60 Å². The minimum absolute atomic E-state index is 0.538. The van der Waals surface area contributed by atoms with E-state index >= 15 is 0 Å². The van der Waals surface area contributed by atoms with Gasteiger partial charge >= 0.3 is 0 Å². The Balaban J connectivity index is 3.56. The summed E-state index contributed by atoms with van der Waals surface area (Å²) in [4.78, 5) is 0. The highest BCUT2D eigenvalue weighted by Gasteiger charge is 2.20. The summed E-state index contributed by atoms with van der Waals surface area (Å²) >= 11 is 0. The van der Waals surface area contributed by atoms with Gasteiger partial charge in [-0.15, -0.1) is 6.58 Å². The molecule has 0 amide bonds. The van der Waals surface area contributed by atoms with Crippen LogP contribution in [0.1, 0.15) is 33.6 Å². The maximum atomic E-state index is 9.90. The molecule has 0 aromatic carbocycles. The van der Waals surface area contributed by atoms with Gasteiger partial charge in [-0.3, -0.25) is 0 Å². The number of hydrogen-bond donors (Lipinski definition) is 2. The summed E-state index contributed by atoms with van der Waals surface area (Å²) in [6.07, 6.45) is 3.68. The van der Waals surface area contributed by atoms with Crippen LogP contribution < -0.4 is 5.32 Å². The van der Waals surface area contributed by atoms with Crippen LogP contribution in [0.25, 0.3) is 0 Å². The number of nitrogens with one attached hydrogen (secondary N) is 1. The lowest BCUT2D eigenvalue weighted by Crippen LogP contribution is -2.39. The van der Waals surface area contributed by atoms with Gasteiger partial charge in [-0.1, -0.05) is 19.9 Å². The zero-order chi connectivity index (χ0) is 10.3. The quantitative estimate of drug-likeness (QED) is 0.469. The van der Waals surface area contributed by atoms with E-state index in [0.717, 1.165) is 19.4 Å². The number of hydrogen-bond acceptors (Lipinski definition) is 2. The molecule has 0 aromatic heterocycles. The van der Waals surface area contributed by atoms with Crippen molar-refractivity contribution in [1.29, 1.82) is 0 Å². The zero-order valence-corrected chi connectivity index (χ0v) is 9.14. The van der Waals surface area contributed by atoms with Crippen molar-refractivity contribution in [1.82, 2.24) is 5.32 Å². The fourth-order valence-corrected chi connectivity index (χ4v) is 1.51. The first-order valence-electron chi connectivity index (χ1n) is 5.02. The van der Waals surface area contributed by atoms with E-state index in [1.807, 2.05) is 13.0 Å². The lowest BCUT2D eigenvalue weighted by molar-refractivity contribution is 0.0389. The normalized spacial score (nSPS) is 15.8. The van der Waals surface area contributed by atoms with Crippen LogP contribution in [0.4, 0.5) is 0 Å².